The van der Waals surface area contributed by atoms with Crippen molar-refractivity contribution in [3.8, 4) is 0 Å². The molecule has 1 aromatic carbocycles. The van der Waals surface area contributed by atoms with Gasteiger partial charge in [0.2, 0.25) is 0 Å². The van der Waals surface area contributed by atoms with Crippen LogP contribution >= 0.6 is 11.6 Å². The molecule has 1 unspecified atom stereocenters. The Hall–Kier alpha value is -1.20. The number of hydrogen-bond acceptors (Lipinski definition) is 2. The minimum atomic E-state index is -0.907. The fourth-order valence-corrected chi connectivity index (χ4v) is 1.43. The van der Waals surface area contributed by atoms with Crippen molar-refractivity contribution < 1.29 is 18.7 Å². The Morgan fingerprint density at radius 3 is 2.56 bits per heavy atom. The largest absolute Gasteiger partial charge is 0.394 e. The van der Waals surface area contributed by atoms with E-state index in [0.717, 1.165) is 12.1 Å². The lowest BCUT2D eigenvalue weighted by atomic mass is 9.99. The SMILES string of the molecule is CCC(C)(CO)NC(=O)c1cc(F)c(Cl)cc1F. The average molecular weight is 278 g/mol. The van der Waals surface area contributed by atoms with Crippen LogP contribution in [0.4, 0.5) is 8.78 Å². The fraction of sp³-hybridized carbons (Fsp3) is 0.417. The molecule has 0 aromatic heterocycles. The van der Waals surface area contributed by atoms with E-state index < -0.39 is 28.6 Å². The molecule has 1 atom stereocenters. The first-order valence-electron chi connectivity index (χ1n) is 5.41. The second-order valence-electron chi connectivity index (χ2n) is 4.27. The Kier molecular flexibility index (Phi) is 4.65. The molecule has 0 fully saturated rings. The van der Waals surface area contributed by atoms with Gasteiger partial charge in [-0.25, -0.2) is 8.78 Å². The van der Waals surface area contributed by atoms with E-state index >= 15 is 0 Å². The van der Waals surface area contributed by atoms with Crippen molar-refractivity contribution in [1.29, 1.82) is 0 Å². The molecule has 0 radical (unpaired) electrons. The Morgan fingerprint density at radius 2 is 2.06 bits per heavy atom. The van der Waals surface area contributed by atoms with Crippen LogP contribution in [-0.4, -0.2) is 23.2 Å². The number of aliphatic hydroxyl groups is 1. The maximum Gasteiger partial charge on any atom is 0.254 e. The molecule has 3 nitrogen and oxygen atoms in total. The number of hydrogen-bond donors (Lipinski definition) is 2. The van der Waals surface area contributed by atoms with Gasteiger partial charge in [-0.1, -0.05) is 18.5 Å². The first kappa shape index (κ1) is 14.9. The third-order valence-electron chi connectivity index (χ3n) is 2.80. The van der Waals surface area contributed by atoms with E-state index in [4.69, 9.17) is 16.7 Å². The second-order valence-corrected chi connectivity index (χ2v) is 4.68. The van der Waals surface area contributed by atoms with Gasteiger partial charge in [-0.2, -0.15) is 0 Å². The van der Waals surface area contributed by atoms with Gasteiger partial charge in [0.15, 0.2) is 0 Å². The molecule has 1 rings (SSSR count). The van der Waals surface area contributed by atoms with Gasteiger partial charge >= 0.3 is 0 Å². The van der Waals surface area contributed by atoms with Crippen LogP contribution in [0.15, 0.2) is 12.1 Å². The van der Waals surface area contributed by atoms with Gasteiger partial charge in [0.25, 0.3) is 5.91 Å². The summed E-state index contributed by atoms with van der Waals surface area (Å²) in [6.07, 6.45) is 0.451. The van der Waals surface area contributed by atoms with Crippen molar-refractivity contribution in [3.05, 3.63) is 34.4 Å². The Balaban J connectivity index is 3.01. The molecule has 100 valence electrons. The van der Waals surface area contributed by atoms with Crippen LogP contribution in [0.2, 0.25) is 5.02 Å². The zero-order chi connectivity index (χ0) is 13.9. The van der Waals surface area contributed by atoms with Crippen molar-refractivity contribution in [2.45, 2.75) is 25.8 Å². The zero-order valence-electron chi connectivity index (χ0n) is 10.1. The topological polar surface area (TPSA) is 49.3 Å². The maximum absolute atomic E-state index is 13.5. The second kappa shape index (κ2) is 5.63. The van der Waals surface area contributed by atoms with Crippen LogP contribution in [0, 0.1) is 11.6 Å². The summed E-state index contributed by atoms with van der Waals surface area (Å²) in [5.41, 5.74) is -1.32. The number of rotatable bonds is 4. The zero-order valence-corrected chi connectivity index (χ0v) is 10.8. The van der Waals surface area contributed by atoms with Gasteiger partial charge in [-0.3, -0.25) is 4.79 Å². The van der Waals surface area contributed by atoms with Crippen LogP contribution in [0.3, 0.4) is 0 Å². The van der Waals surface area contributed by atoms with Gasteiger partial charge in [0.05, 0.1) is 22.7 Å². The number of carbonyl (C=O) groups excluding carboxylic acids is 1. The van der Waals surface area contributed by atoms with E-state index in [0.29, 0.717) is 6.42 Å². The standard InChI is InChI=1S/C12H14ClF2NO2/c1-3-12(2,6-17)16-11(18)7-4-10(15)8(13)5-9(7)14/h4-5,17H,3,6H2,1-2H3,(H,16,18). The molecule has 0 spiro atoms. The predicted molar refractivity (Wildman–Crippen MR) is 64.6 cm³/mol. The highest BCUT2D eigenvalue weighted by atomic mass is 35.5. The number of aliphatic hydroxyl groups excluding tert-OH is 1. The number of nitrogens with one attached hydrogen (secondary N) is 1. The summed E-state index contributed by atoms with van der Waals surface area (Å²) < 4.78 is 26.7. The average Bonchev–Trinajstić information content (AvgIpc) is 2.33. The lowest BCUT2D eigenvalue weighted by Crippen LogP contribution is -2.48. The molecule has 0 bridgehead atoms. The number of carbonyl (C=O) groups is 1. The molecule has 0 saturated heterocycles. The van der Waals surface area contributed by atoms with Gasteiger partial charge < -0.3 is 10.4 Å². The highest BCUT2D eigenvalue weighted by molar-refractivity contribution is 6.30. The van der Waals surface area contributed by atoms with Crippen molar-refractivity contribution >= 4 is 17.5 Å². The lowest BCUT2D eigenvalue weighted by molar-refractivity contribution is 0.0843. The van der Waals surface area contributed by atoms with Crippen LogP contribution in [0.1, 0.15) is 30.6 Å². The first-order chi connectivity index (χ1) is 8.33. The summed E-state index contributed by atoms with van der Waals surface area (Å²) >= 11 is 5.39. The van der Waals surface area contributed by atoms with E-state index in [2.05, 4.69) is 5.32 Å². The summed E-state index contributed by atoms with van der Waals surface area (Å²) in [5.74, 6) is -2.57. The normalized spacial score (nSPS) is 14.1. The highest BCUT2D eigenvalue weighted by Gasteiger charge is 2.25. The smallest absolute Gasteiger partial charge is 0.254 e. The highest BCUT2D eigenvalue weighted by Crippen LogP contribution is 2.20. The van der Waals surface area contributed by atoms with Gasteiger partial charge in [0, 0.05) is 0 Å². The van der Waals surface area contributed by atoms with Crippen molar-refractivity contribution in [1.82, 2.24) is 5.32 Å². The lowest BCUT2D eigenvalue weighted by Gasteiger charge is -2.27. The van der Waals surface area contributed by atoms with Crippen LogP contribution in [0.5, 0.6) is 0 Å². The van der Waals surface area contributed by atoms with E-state index in [1.165, 1.54) is 0 Å². The minimum Gasteiger partial charge on any atom is -0.394 e. The van der Waals surface area contributed by atoms with Gasteiger partial charge in [-0.05, 0) is 25.5 Å². The maximum atomic E-state index is 13.5. The summed E-state index contributed by atoms with van der Waals surface area (Å²) in [6, 6.07) is 1.48. The summed E-state index contributed by atoms with van der Waals surface area (Å²) in [6.45, 7) is 3.07. The molecule has 0 aliphatic carbocycles. The van der Waals surface area contributed by atoms with Crippen LogP contribution < -0.4 is 5.32 Å². The summed E-state index contributed by atoms with van der Waals surface area (Å²) in [4.78, 5) is 11.8. The number of benzene rings is 1. The summed E-state index contributed by atoms with van der Waals surface area (Å²) in [5, 5.41) is 11.2. The molecular formula is C12H14ClF2NO2. The van der Waals surface area contributed by atoms with E-state index in [1.54, 1.807) is 13.8 Å². The predicted octanol–water partition coefficient (Wildman–Crippen LogP) is 2.51. The third kappa shape index (κ3) is 3.17. The monoisotopic (exact) mass is 277 g/mol. The number of amides is 1. The number of halogens is 3. The Bertz CT molecular complexity index is 462. The van der Waals surface area contributed by atoms with E-state index in [1.807, 2.05) is 0 Å². The molecule has 0 heterocycles. The molecule has 1 aromatic rings. The molecule has 0 saturated carbocycles. The molecular weight excluding hydrogens is 264 g/mol. The van der Waals surface area contributed by atoms with Crippen LogP contribution in [-0.2, 0) is 0 Å². The van der Waals surface area contributed by atoms with Gasteiger partial charge in [0.1, 0.15) is 11.6 Å². The van der Waals surface area contributed by atoms with Crippen molar-refractivity contribution in [2.75, 3.05) is 6.61 Å². The van der Waals surface area contributed by atoms with Gasteiger partial charge in [-0.15, -0.1) is 0 Å². The molecule has 18 heavy (non-hydrogen) atoms. The van der Waals surface area contributed by atoms with Crippen molar-refractivity contribution in [2.24, 2.45) is 0 Å². The molecule has 0 aliphatic rings. The molecule has 1 amide bonds. The third-order valence-corrected chi connectivity index (χ3v) is 3.09. The molecule has 0 aliphatic heterocycles. The summed E-state index contributed by atoms with van der Waals surface area (Å²) in [7, 11) is 0. The Morgan fingerprint density at radius 1 is 1.44 bits per heavy atom. The Labute approximate surface area is 109 Å². The quantitative estimate of drug-likeness (QED) is 0.831. The van der Waals surface area contributed by atoms with E-state index in [9.17, 15) is 13.6 Å². The van der Waals surface area contributed by atoms with Crippen molar-refractivity contribution in [3.63, 3.8) is 0 Å². The fourth-order valence-electron chi connectivity index (χ4n) is 1.28. The van der Waals surface area contributed by atoms with E-state index in [-0.39, 0.29) is 11.6 Å². The molecule has 6 heteroatoms. The minimum absolute atomic E-state index is 0.299. The molecule has 2 N–H and O–H groups in total. The van der Waals surface area contributed by atoms with Crippen LogP contribution in [0.25, 0.3) is 0 Å². The first-order valence-corrected chi connectivity index (χ1v) is 5.78.